The van der Waals surface area contributed by atoms with Crippen molar-refractivity contribution in [3.05, 3.63) is 53.5 Å². The number of rotatable bonds is 5. The van der Waals surface area contributed by atoms with Crippen molar-refractivity contribution in [3.8, 4) is 0 Å². The zero-order chi connectivity index (χ0) is 19.4. The van der Waals surface area contributed by atoms with E-state index in [2.05, 4.69) is 0 Å². The lowest BCUT2D eigenvalue weighted by molar-refractivity contribution is -0.136. The highest BCUT2D eigenvalue weighted by Gasteiger charge is 2.73. The van der Waals surface area contributed by atoms with E-state index in [9.17, 15) is 9.90 Å². The smallest absolute Gasteiger partial charge is 0.211 e. The molecule has 0 saturated heterocycles. The fourth-order valence-corrected chi connectivity index (χ4v) is 5.17. The van der Waals surface area contributed by atoms with E-state index in [1.807, 2.05) is 64.1 Å². The van der Waals surface area contributed by atoms with Crippen LogP contribution in [0.2, 0.25) is 0 Å². The second-order valence-corrected chi connectivity index (χ2v) is 8.47. The Morgan fingerprint density at radius 3 is 2.37 bits per heavy atom. The summed E-state index contributed by atoms with van der Waals surface area (Å²) >= 11 is 0. The van der Waals surface area contributed by atoms with Gasteiger partial charge in [0.05, 0.1) is 17.6 Å². The number of ether oxygens (including phenoxy) is 2. The lowest BCUT2D eigenvalue weighted by Crippen LogP contribution is -2.48. The Hall–Kier alpha value is -2.07. The Morgan fingerprint density at radius 1 is 1.07 bits per heavy atom. The normalized spacial score (nSPS) is 32.2. The van der Waals surface area contributed by atoms with Gasteiger partial charge in [-0.05, 0) is 57.7 Å². The summed E-state index contributed by atoms with van der Waals surface area (Å²) in [6.07, 6.45) is 4.00. The van der Waals surface area contributed by atoms with Gasteiger partial charge in [0.15, 0.2) is 11.4 Å². The molecule has 4 nitrogen and oxygen atoms in total. The van der Waals surface area contributed by atoms with E-state index < -0.39 is 11.0 Å². The van der Waals surface area contributed by atoms with Gasteiger partial charge in [0.2, 0.25) is 11.5 Å². The summed E-state index contributed by atoms with van der Waals surface area (Å²) < 4.78 is 11.9. The summed E-state index contributed by atoms with van der Waals surface area (Å²) in [5.41, 5.74) is -0.218. The average Bonchev–Trinajstić information content (AvgIpc) is 3.20. The Kier molecular flexibility index (Phi) is 4.22. The monoisotopic (exact) mass is 368 g/mol. The third kappa shape index (κ3) is 2.42. The van der Waals surface area contributed by atoms with Crippen molar-refractivity contribution in [2.45, 2.75) is 64.8 Å². The molecule has 0 unspecified atom stereocenters. The van der Waals surface area contributed by atoms with E-state index in [0.717, 1.165) is 24.0 Å². The minimum atomic E-state index is -1.44. The molecule has 0 aliphatic heterocycles. The van der Waals surface area contributed by atoms with Gasteiger partial charge in [0.25, 0.3) is 0 Å². The van der Waals surface area contributed by atoms with Crippen molar-refractivity contribution in [1.82, 2.24) is 0 Å². The minimum Gasteiger partial charge on any atom is -0.488 e. The maximum Gasteiger partial charge on any atom is 0.211 e. The molecule has 1 fully saturated rings. The molecule has 0 bridgehead atoms. The Bertz CT molecular complexity index is 820. The Balaban J connectivity index is 1.91. The highest BCUT2D eigenvalue weighted by Crippen LogP contribution is 2.67. The van der Waals surface area contributed by atoms with Gasteiger partial charge in [-0.3, -0.25) is 4.79 Å². The van der Waals surface area contributed by atoms with Crippen LogP contribution in [0.15, 0.2) is 47.9 Å². The zero-order valence-corrected chi connectivity index (χ0v) is 16.5. The molecule has 0 heterocycles. The van der Waals surface area contributed by atoms with Crippen LogP contribution in [0.25, 0.3) is 5.57 Å². The first-order valence-electron chi connectivity index (χ1n) is 9.94. The molecule has 1 aromatic carbocycles. The number of carbonyl (C=O) groups excluding carboxylic acids is 1. The molecule has 3 atom stereocenters. The van der Waals surface area contributed by atoms with E-state index in [-0.39, 0.29) is 29.7 Å². The predicted molar refractivity (Wildman–Crippen MR) is 104 cm³/mol. The van der Waals surface area contributed by atoms with Gasteiger partial charge in [-0.2, -0.15) is 0 Å². The topological polar surface area (TPSA) is 55.8 Å². The Morgan fingerprint density at radius 2 is 1.74 bits per heavy atom. The Labute approximate surface area is 160 Å². The SMILES string of the molecule is CC(C)OC1=C(OC(C)C)[C@@]2(O)C=C(c3ccccc3)[C@@H]3CCC[C@]32C1=O. The maximum atomic E-state index is 13.6. The van der Waals surface area contributed by atoms with Crippen LogP contribution < -0.4 is 0 Å². The van der Waals surface area contributed by atoms with E-state index in [0.29, 0.717) is 12.2 Å². The quantitative estimate of drug-likeness (QED) is 0.844. The van der Waals surface area contributed by atoms with Gasteiger partial charge >= 0.3 is 0 Å². The first-order chi connectivity index (χ1) is 12.8. The molecular formula is C23H28O4. The van der Waals surface area contributed by atoms with Crippen LogP contribution in [0.5, 0.6) is 0 Å². The number of benzene rings is 1. The summed E-state index contributed by atoms with van der Waals surface area (Å²) in [5.74, 6) is 0.404. The highest BCUT2D eigenvalue weighted by molar-refractivity contribution is 6.07. The van der Waals surface area contributed by atoms with Gasteiger partial charge in [-0.15, -0.1) is 0 Å². The van der Waals surface area contributed by atoms with E-state index in [1.165, 1.54) is 0 Å². The molecule has 3 aliphatic carbocycles. The lowest BCUT2D eigenvalue weighted by Gasteiger charge is -2.36. The number of hydrogen-bond acceptors (Lipinski definition) is 4. The van der Waals surface area contributed by atoms with Crippen molar-refractivity contribution in [2.24, 2.45) is 11.3 Å². The van der Waals surface area contributed by atoms with Crippen LogP contribution in [-0.2, 0) is 14.3 Å². The van der Waals surface area contributed by atoms with Crippen LogP contribution in [0.3, 0.4) is 0 Å². The second-order valence-electron chi connectivity index (χ2n) is 8.47. The summed E-state index contributed by atoms with van der Waals surface area (Å²) in [7, 11) is 0. The van der Waals surface area contributed by atoms with Crippen LogP contribution in [0.4, 0.5) is 0 Å². The number of carbonyl (C=O) groups is 1. The van der Waals surface area contributed by atoms with Crippen molar-refractivity contribution in [3.63, 3.8) is 0 Å². The molecule has 0 amide bonds. The first kappa shape index (κ1) is 18.3. The molecule has 4 heteroatoms. The third-order valence-corrected chi connectivity index (χ3v) is 6.06. The molecule has 27 heavy (non-hydrogen) atoms. The second kappa shape index (κ2) is 6.23. The lowest BCUT2D eigenvalue weighted by atomic mass is 9.69. The molecular weight excluding hydrogens is 340 g/mol. The minimum absolute atomic E-state index is 0.0172. The third-order valence-electron chi connectivity index (χ3n) is 6.06. The van der Waals surface area contributed by atoms with Gasteiger partial charge in [-0.25, -0.2) is 0 Å². The molecule has 3 aliphatic rings. The molecule has 1 saturated carbocycles. The van der Waals surface area contributed by atoms with Crippen molar-refractivity contribution >= 4 is 11.4 Å². The largest absolute Gasteiger partial charge is 0.488 e. The van der Waals surface area contributed by atoms with Gasteiger partial charge in [-0.1, -0.05) is 36.8 Å². The molecule has 4 rings (SSSR count). The van der Waals surface area contributed by atoms with Crippen molar-refractivity contribution in [1.29, 1.82) is 0 Å². The zero-order valence-electron chi connectivity index (χ0n) is 16.5. The fourth-order valence-electron chi connectivity index (χ4n) is 5.17. The van der Waals surface area contributed by atoms with Gasteiger partial charge in [0, 0.05) is 5.92 Å². The van der Waals surface area contributed by atoms with E-state index in [1.54, 1.807) is 0 Å². The van der Waals surface area contributed by atoms with Crippen LogP contribution in [0, 0.1) is 11.3 Å². The molecule has 1 spiro atoms. The van der Waals surface area contributed by atoms with Gasteiger partial charge < -0.3 is 14.6 Å². The highest BCUT2D eigenvalue weighted by atomic mass is 16.5. The molecule has 1 aromatic rings. The number of allylic oxidation sites excluding steroid dienone is 2. The average molecular weight is 368 g/mol. The summed E-state index contributed by atoms with van der Waals surface area (Å²) in [5, 5.41) is 11.9. The summed E-state index contributed by atoms with van der Waals surface area (Å²) in [4.78, 5) is 13.6. The standard InChI is InChI=1S/C23H28O4/c1-14(2)26-19-20(24)22-12-8-11-18(22)17(16-9-6-5-7-10-16)13-23(22,25)21(19)27-15(3)4/h5-7,9-10,13-15,18,25H,8,11-12H2,1-4H3/t18-,22+,23-/m0/s1. The molecule has 0 aromatic heterocycles. The van der Waals surface area contributed by atoms with Crippen molar-refractivity contribution < 1.29 is 19.4 Å². The summed E-state index contributed by atoms with van der Waals surface area (Å²) in [6, 6.07) is 10.1. The number of hydrogen-bond donors (Lipinski definition) is 1. The fraction of sp³-hybridized carbons (Fsp3) is 0.522. The predicted octanol–water partition coefficient (Wildman–Crippen LogP) is 4.25. The van der Waals surface area contributed by atoms with Crippen LogP contribution >= 0.6 is 0 Å². The van der Waals surface area contributed by atoms with Crippen molar-refractivity contribution in [2.75, 3.05) is 0 Å². The number of ketones is 1. The number of Topliss-reactive ketones (excluding diaryl/α,β-unsaturated/α-hetero) is 1. The maximum absolute atomic E-state index is 13.6. The van der Waals surface area contributed by atoms with E-state index >= 15 is 0 Å². The summed E-state index contributed by atoms with van der Waals surface area (Å²) in [6.45, 7) is 7.59. The first-order valence-corrected chi connectivity index (χ1v) is 9.94. The van der Waals surface area contributed by atoms with E-state index in [4.69, 9.17) is 9.47 Å². The molecule has 0 radical (unpaired) electrons. The van der Waals surface area contributed by atoms with Gasteiger partial charge in [0.1, 0.15) is 0 Å². The van der Waals surface area contributed by atoms with Crippen LogP contribution in [-0.4, -0.2) is 28.7 Å². The number of aliphatic hydroxyl groups is 1. The molecule has 1 N–H and O–H groups in total. The van der Waals surface area contributed by atoms with Crippen LogP contribution in [0.1, 0.15) is 52.5 Å². The molecule has 144 valence electrons.